The molecule has 2 aromatic heterocycles. The molecule has 178 valence electrons. The number of aromatic nitrogens is 2. The van der Waals surface area contributed by atoms with Crippen LogP contribution in [0.5, 0.6) is 5.88 Å². The van der Waals surface area contributed by atoms with E-state index in [1.54, 1.807) is 18.3 Å². The number of fused-ring (bicyclic) bond motifs is 2. The highest BCUT2D eigenvalue weighted by atomic mass is 19.1. The Morgan fingerprint density at radius 2 is 2.15 bits per heavy atom. The Morgan fingerprint density at radius 1 is 1.29 bits per heavy atom. The summed E-state index contributed by atoms with van der Waals surface area (Å²) in [5.74, 6) is 0.365. The predicted molar refractivity (Wildman–Crippen MR) is 127 cm³/mol. The number of halogens is 1. The number of nitrogens with one attached hydrogen (secondary N) is 2. The number of anilines is 3. The van der Waals surface area contributed by atoms with Gasteiger partial charge in [-0.1, -0.05) is 13.8 Å². The van der Waals surface area contributed by atoms with Crippen molar-refractivity contribution in [1.29, 1.82) is 0 Å². The third-order valence-corrected chi connectivity index (χ3v) is 6.22. The maximum absolute atomic E-state index is 15.4. The largest absolute Gasteiger partial charge is 0.474 e. The van der Waals surface area contributed by atoms with E-state index >= 15 is 4.39 Å². The van der Waals surface area contributed by atoms with Gasteiger partial charge in [0.05, 0.1) is 18.9 Å². The average Bonchev–Trinajstić information content (AvgIpc) is 3.24. The number of carbonyl (C=O) groups is 1. The van der Waals surface area contributed by atoms with Crippen LogP contribution in [-0.4, -0.2) is 48.5 Å². The van der Waals surface area contributed by atoms with Gasteiger partial charge in [0.25, 0.3) is 0 Å². The van der Waals surface area contributed by atoms with Crippen molar-refractivity contribution in [1.82, 2.24) is 9.97 Å². The number of pyridine rings is 2. The van der Waals surface area contributed by atoms with Gasteiger partial charge in [0.2, 0.25) is 5.88 Å². The highest BCUT2D eigenvalue weighted by Gasteiger charge is 2.28. The molecule has 4 N–H and O–H groups in total. The van der Waals surface area contributed by atoms with Gasteiger partial charge in [-0.25, -0.2) is 19.2 Å². The summed E-state index contributed by atoms with van der Waals surface area (Å²) in [6.45, 7) is 6.05. The summed E-state index contributed by atoms with van der Waals surface area (Å²) in [5.41, 5.74) is 8.76. The van der Waals surface area contributed by atoms with Gasteiger partial charge in [-0.2, -0.15) is 0 Å². The van der Waals surface area contributed by atoms with Crippen molar-refractivity contribution in [3.05, 3.63) is 35.9 Å². The number of nitrogen functional groups attached to an aromatic ring is 1. The van der Waals surface area contributed by atoms with Crippen LogP contribution in [0.2, 0.25) is 0 Å². The van der Waals surface area contributed by atoms with Crippen LogP contribution < -0.4 is 21.1 Å². The molecular weight excluding hydrogens is 441 g/mol. The SMILES string of the molecule is CCc1c(-c2cc3cc(NC(=O)O[C@@H]4COC[C@@H]4C)ncc3c(N)c2F)cnc2c1NCCO2. The van der Waals surface area contributed by atoms with Crippen molar-refractivity contribution in [3.63, 3.8) is 0 Å². The maximum Gasteiger partial charge on any atom is 0.413 e. The minimum atomic E-state index is -0.622. The van der Waals surface area contributed by atoms with Crippen LogP contribution in [0.1, 0.15) is 19.4 Å². The number of carbonyl (C=O) groups excluding carboxylic acids is 1. The summed E-state index contributed by atoms with van der Waals surface area (Å²) < 4.78 is 31.8. The van der Waals surface area contributed by atoms with Gasteiger partial charge in [0.15, 0.2) is 5.82 Å². The fourth-order valence-corrected chi connectivity index (χ4v) is 4.37. The Morgan fingerprint density at radius 3 is 2.91 bits per heavy atom. The summed E-state index contributed by atoms with van der Waals surface area (Å²) in [5, 5.41) is 7.02. The van der Waals surface area contributed by atoms with Crippen molar-refractivity contribution < 1.29 is 23.4 Å². The van der Waals surface area contributed by atoms with Crippen LogP contribution in [0, 0.1) is 11.7 Å². The van der Waals surface area contributed by atoms with E-state index < -0.39 is 11.9 Å². The summed E-state index contributed by atoms with van der Waals surface area (Å²) >= 11 is 0. The second-order valence-electron chi connectivity index (χ2n) is 8.49. The molecule has 4 heterocycles. The van der Waals surface area contributed by atoms with E-state index in [1.165, 1.54) is 6.20 Å². The smallest absolute Gasteiger partial charge is 0.413 e. The highest BCUT2D eigenvalue weighted by Crippen LogP contribution is 2.40. The van der Waals surface area contributed by atoms with Crippen LogP contribution in [-0.2, 0) is 15.9 Å². The van der Waals surface area contributed by atoms with Crippen LogP contribution in [0.15, 0.2) is 24.5 Å². The lowest BCUT2D eigenvalue weighted by Crippen LogP contribution is -2.27. The highest BCUT2D eigenvalue weighted by molar-refractivity contribution is 5.99. The standard InChI is InChI=1S/C24H26FN5O4/c1-3-14-17(9-29-23-22(14)27-4-5-33-23)15-6-13-7-19(28-8-16(13)21(26)20(15)25)30-24(31)34-18-11-32-10-12(18)2/h6-9,12,18,27H,3-5,10-11,26H2,1-2H3,(H,28,30,31)/t12-,18+/m0/s1. The number of amides is 1. The molecule has 0 unspecified atom stereocenters. The molecule has 5 rings (SSSR count). The first kappa shape index (κ1) is 22.1. The molecule has 0 bridgehead atoms. The molecular formula is C24H26FN5O4. The van der Waals surface area contributed by atoms with Gasteiger partial charge in [-0.05, 0) is 29.5 Å². The lowest BCUT2D eigenvalue weighted by molar-refractivity contribution is 0.0843. The van der Waals surface area contributed by atoms with Crippen LogP contribution >= 0.6 is 0 Å². The molecule has 10 heteroatoms. The van der Waals surface area contributed by atoms with Crippen molar-refractivity contribution in [3.8, 4) is 17.0 Å². The van der Waals surface area contributed by atoms with Gasteiger partial charge in [0.1, 0.15) is 24.2 Å². The molecule has 1 aromatic carbocycles. The summed E-state index contributed by atoms with van der Waals surface area (Å²) in [6.07, 6.45) is 2.76. The first-order valence-corrected chi connectivity index (χ1v) is 11.3. The predicted octanol–water partition coefficient (Wildman–Crippen LogP) is 3.97. The lowest BCUT2D eigenvalue weighted by Gasteiger charge is -2.23. The minimum Gasteiger partial charge on any atom is -0.474 e. The number of rotatable bonds is 4. The van der Waals surface area contributed by atoms with Crippen LogP contribution in [0.4, 0.5) is 26.4 Å². The molecule has 0 radical (unpaired) electrons. The van der Waals surface area contributed by atoms with E-state index in [0.29, 0.717) is 60.6 Å². The van der Waals surface area contributed by atoms with Crippen molar-refractivity contribution >= 4 is 34.1 Å². The van der Waals surface area contributed by atoms with Crippen LogP contribution in [0.3, 0.4) is 0 Å². The molecule has 0 spiro atoms. The van der Waals surface area contributed by atoms with Crippen molar-refractivity contribution in [2.75, 3.05) is 42.7 Å². The molecule has 34 heavy (non-hydrogen) atoms. The van der Waals surface area contributed by atoms with E-state index in [-0.39, 0.29) is 23.5 Å². The molecule has 2 atom stereocenters. The van der Waals surface area contributed by atoms with Crippen LogP contribution in [0.25, 0.3) is 21.9 Å². The normalized spacial score (nSPS) is 19.3. The minimum absolute atomic E-state index is 0.0185. The Balaban J connectivity index is 1.50. The molecule has 2 aliphatic heterocycles. The summed E-state index contributed by atoms with van der Waals surface area (Å²) in [7, 11) is 0. The number of hydrogen-bond donors (Lipinski definition) is 3. The Labute approximate surface area is 195 Å². The summed E-state index contributed by atoms with van der Waals surface area (Å²) in [4.78, 5) is 20.9. The molecule has 0 aliphatic carbocycles. The Bertz CT molecular complexity index is 1270. The van der Waals surface area contributed by atoms with Gasteiger partial charge in [-0.15, -0.1) is 0 Å². The second kappa shape index (κ2) is 8.94. The van der Waals surface area contributed by atoms with E-state index in [2.05, 4.69) is 20.6 Å². The fraction of sp³-hybridized carbons (Fsp3) is 0.375. The van der Waals surface area contributed by atoms with E-state index in [0.717, 1.165) is 11.3 Å². The Kier molecular flexibility index (Phi) is 5.82. The average molecular weight is 468 g/mol. The van der Waals surface area contributed by atoms with Gasteiger partial charge in [-0.3, -0.25) is 5.32 Å². The number of nitrogens with two attached hydrogens (primary N) is 1. The molecule has 9 nitrogen and oxygen atoms in total. The maximum atomic E-state index is 15.4. The third kappa shape index (κ3) is 3.94. The van der Waals surface area contributed by atoms with Gasteiger partial charge < -0.3 is 25.3 Å². The van der Waals surface area contributed by atoms with E-state index in [1.807, 2.05) is 13.8 Å². The third-order valence-electron chi connectivity index (χ3n) is 6.22. The zero-order chi connectivity index (χ0) is 23.8. The Hall–Kier alpha value is -3.66. The molecule has 0 saturated carbocycles. The quantitative estimate of drug-likeness (QED) is 0.493. The van der Waals surface area contributed by atoms with Gasteiger partial charge in [0, 0.05) is 41.4 Å². The fourth-order valence-electron chi connectivity index (χ4n) is 4.37. The van der Waals surface area contributed by atoms with Crippen molar-refractivity contribution in [2.24, 2.45) is 5.92 Å². The van der Waals surface area contributed by atoms with E-state index in [9.17, 15) is 4.79 Å². The number of nitrogens with zero attached hydrogens (tertiary/aromatic N) is 2. The molecule has 1 fully saturated rings. The summed E-state index contributed by atoms with van der Waals surface area (Å²) in [6, 6.07) is 3.33. The molecule has 1 saturated heterocycles. The number of ether oxygens (including phenoxy) is 3. The monoisotopic (exact) mass is 467 g/mol. The number of hydrogen-bond acceptors (Lipinski definition) is 8. The zero-order valence-corrected chi connectivity index (χ0v) is 19.0. The first-order valence-electron chi connectivity index (χ1n) is 11.3. The molecule has 3 aromatic rings. The zero-order valence-electron chi connectivity index (χ0n) is 19.0. The molecule has 2 aliphatic rings. The second-order valence-corrected chi connectivity index (χ2v) is 8.49. The lowest BCUT2D eigenvalue weighted by atomic mass is 9.95. The topological polar surface area (TPSA) is 121 Å². The van der Waals surface area contributed by atoms with E-state index in [4.69, 9.17) is 19.9 Å². The van der Waals surface area contributed by atoms with Crippen molar-refractivity contribution in [2.45, 2.75) is 26.4 Å². The van der Waals surface area contributed by atoms with Gasteiger partial charge >= 0.3 is 6.09 Å². The molecule has 1 amide bonds. The first-order chi connectivity index (χ1) is 16.5. The number of benzene rings is 1.